The number of allylic oxidation sites excluding steroid dienone is 1. The number of nitro groups is 1. The summed E-state index contributed by atoms with van der Waals surface area (Å²) in [5.41, 5.74) is 2.44. The zero-order valence-electron chi connectivity index (χ0n) is 38.1. The quantitative estimate of drug-likeness (QED) is 0.0348. The van der Waals surface area contributed by atoms with Gasteiger partial charge in [-0.1, -0.05) is 108 Å². The molecule has 3 aliphatic rings. The highest BCUT2D eigenvalue weighted by Gasteiger charge is 2.65. The Kier molecular flexibility index (Phi) is 20.2. The number of carbonyl (C=O) groups is 1. The Hall–Kier alpha value is -4.46. The molecular weight excluding hydrogens is 803 g/mol. The fourth-order valence-corrected chi connectivity index (χ4v) is 10.1. The lowest BCUT2D eigenvalue weighted by molar-refractivity contribution is -0.384. The average Bonchev–Trinajstić information content (AvgIpc) is 3.28. The number of carbonyl (C=O) groups excluding carboxylic acids is 1. The second-order valence-electron chi connectivity index (χ2n) is 17.3. The molecule has 0 aromatic heterocycles. The van der Waals surface area contributed by atoms with Gasteiger partial charge in [-0.15, -0.1) is 6.58 Å². The van der Waals surface area contributed by atoms with Crippen LogP contribution in [0.3, 0.4) is 0 Å². The molecule has 0 bridgehead atoms. The van der Waals surface area contributed by atoms with Crippen LogP contribution >= 0.6 is 0 Å². The molecule has 13 nitrogen and oxygen atoms in total. The number of hydrogen-bond donors (Lipinski definition) is 2. The molecule has 0 radical (unpaired) electrons. The van der Waals surface area contributed by atoms with Crippen LogP contribution < -0.4 is 9.47 Å². The number of aliphatic hydroxyl groups excluding tert-OH is 2. The van der Waals surface area contributed by atoms with Gasteiger partial charge in [-0.25, -0.2) is 4.79 Å². The molecule has 0 saturated heterocycles. The summed E-state index contributed by atoms with van der Waals surface area (Å²) in [6.07, 6.45) is 20.8. The van der Waals surface area contributed by atoms with Crippen molar-refractivity contribution in [2.45, 2.75) is 147 Å². The third kappa shape index (κ3) is 12.8. The third-order valence-electron chi connectivity index (χ3n) is 12.9. The van der Waals surface area contributed by atoms with Gasteiger partial charge in [0.25, 0.3) is 5.69 Å². The fourth-order valence-electron chi connectivity index (χ4n) is 10.1. The monoisotopic (exact) mass is 876 g/mol. The molecule has 2 aromatic carbocycles. The largest absolute Gasteiger partial charge is 0.459 e. The van der Waals surface area contributed by atoms with Crippen molar-refractivity contribution >= 4 is 17.5 Å². The van der Waals surface area contributed by atoms with Gasteiger partial charge in [0.05, 0.1) is 35.8 Å². The molecular formula is C50H73N3O10. The summed E-state index contributed by atoms with van der Waals surface area (Å²) in [7, 11) is 1.53. The van der Waals surface area contributed by atoms with Crippen LogP contribution in [-0.4, -0.2) is 83.8 Å². The predicted octanol–water partition coefficient (Wildman–Crippen LogP) is 11.4. The molecule has 0 spiro atoms. The first kappa shape index (κ1) is 49.6. The van der Waals surface area contributed by atoms with E-state index in [4.69, 9.17) is 23.8 Å². The van der Waals surface area contributed by atoms with Gasteiger partial charge >= 0.3 is 6.09 Å². The summed E-state index contributed by atoms with van der Waals surface area (Å²) in [5.74, 6) is -0.641. The van der Waals surface area contributed by atoms with Crippen molar-refractivity contribution in [2.24, 2.45) is 22.9 Å². The number of aliphatic hydroxyl groups is 2. The molecule has 2 aromatic rings. The van der Waals surface area contributed by atoms with Crippen LogP contribution in [0.2, 0.25) is 0 Å². The third-order valence-corrected chi connectivity index (χ3v) is 12.9. The highest BCUT2D eigenvalue weighted by Crippen LogP contribution is 2.62. The van der Waals surface area contributed by atoms with Gasteiger partial charge in [0, 0.05) is 43.7 Å². The molecule has 63 heavy (non-hydrogen) atoms. The molecule has 5 rings (SSSR count). The van der Waals surface area contributed by atoms with Crippen LogP contribution in [0.15, 0.2) is 71.9 Å². The number of rotatable bonds is 29. The van der Waals surface area contributed by atoms with Crippen molar-refractivity contribution in [3.05, 3.63) is 82.4 Å². The van der Waals surface area contributed by atoms with E-state index in [2.05, 4.69) is 24.7 Å². The maximum Gasteiger partial charge on any atom is 0.410 e. The molecule has 1 amide bonds. The minimum absolute atomic E-state index is 0.0249. The first-order valence-electron chi connectivity index (χ1n) is 23.7. The summed E-state index contributed by atoms with van der Waals surface area (Å²) in [6, 6.07) is 11.0. The lowest BCUT2D eigenvalue weighted by Gasteiger charge is -2.59. The Balaban J connectivity index is 1.56. The fraction of sp³-hybridized carbons (Fsp3) is 0.640. The summed E-state index contributed by atoms with van der Waals surface area (Å²) in [6.45, 7) is 9.32. The van der Waals surface area contributed by atoms with E-state index in [0.29, 0.717) is 55.4 Å². The van der Waals surface area contributed by atoms with Crippen molar-refractivity contribution in [1.82, 2.24) is 4.90 Å². The number of unbranched alkanes of at least 4 members (excludes halogenated alkanes) is 11. The molecule has 2 aliphatic carbocycles. The van der Waals surface area contributed by atoms with Gasteiger partial charge in [-0.3, -0.25) is 15.0 Å². The van der Waals surface area contributed by atoms with E-state index in [0.717, 1.165) is 56.1 Å². The zero-order chi connectivity index (χ0) is 45.0. The Labute approximate surface area is 375 Å². The summed E-state index contributed by atoms with van der Waals surface area (Å²) >= 11 is 0. The maximum atomic E-state index is 14.4. The number of benzene rings is 2. The molecule has 1 heterocycles. The van der Waals surface area contributed by atoms with Gasteiger partial charge in [0.1, 0.15) is 30.4 Å². The summed E-state index contributed by atoms with van der Waals surface area (Å²) in [4.78, 5) is 33.0. The van der Waals surface area contributed by atoms with Gasteiger partial charge < -0.3 is 34.0 Å². The molecule has 348 valence electrons. The van der Waals surface area contributed by atoms with Gasteiger partial charge in [-0.2, -0.15) is 0 Å². The number of oxime groups is 1. The normalized spacial score (nSPS) is 22.9. The van der Waals surface area contributed by atoms with E-state index < -0.39 is 28.8 Å². The number of nitrogens with zero attached hydrogens (tertiary/aromatic N) is 3. The predicted molar refractivity (Wildman–Crippen MR) is 245 cm³/mol. The standard InChI is InChI=1S/C50H73N3O10/c1-5-8-9-10-11-12-13-14-15-20-32-60-49(56)52(28-6-2)46-36-44(51-59-4)42-33-37(22-16-18-29-54)41(25-17-19-30-55)47-43-35-40(62-39-24-21-23-38(34-39)53(57)58)26-27-45(43)63-50(46,48(42)47)61-31-7-3/h7,21,23-24,26-27,33-35,37,41,46-48,54-55H,3,5-6,8-20,22,25,28-32,36H2,1-2,4H3. The van der Waals surface area contributed by atoms with Crippen molar-refractivity contribution in [3.63, 3.8) is 0 Å². The SMILES string of the molecule is C=CCOC12Oc3ccc(Oc4cccc([N+](=O)[O-])c4)cc3C3C(CCCCO)C(CCCCO)C=C(C(=NOC)CC1N(CCC)C(=O)OCCCCCCCCCCCC)C32. The number of fused-ring (bicyclic) bond motifs is 2. The van der Waals surface area contributed by atoms with E-state index in [1.807, 2.05) is 19.1 Å². The Morgan fingerprint density at radius 3 is 2.30 bits per heavy atom. The molecule has 1 aliphatic heterocycles. The van der Waals surface area contributed by atoms with Crippen molar-refractivity contribution in [2.75, 3.05) is 40.1 Å². The average molecular weight is 876 g/mol. The Morgan fingerprint density at radius 1 is 0.937 bits per heavy atom. The first-order valence-corrected chi connectivity index (χ1v) is 23.7. The van der Waals surface area contributed by atoms with Crippen molar-refractivity contribution in [3.8, 4) is 17.2 Å². The lowest BCUT2D eigenvalue weighted by Crippen LogP contribution is -2.70. The van der Waals surface area contributed by atoms with Crippen LogP contribution in [0.5, 0.6) is 17.2 Å². The van der Waals surface area contributed by atoms with E-state index >= 15 is 0 Å². The van der Waals surface area contributed by atoms with Crippen molar-refractivity contribution in [1.29, 1.82) is 0 Å². The van der Waals surface area contributed by atoms with Gasteiger partial charge in [-0.05, 0) is 80.2 Å². The highest BCUT2D eigenvalue weighted by atomic mass is 16.7. The molecule has 13 heteroatoms. The molecule has 1 fully saturated rings. The molecule has 1 saturated carbocycles. The van der Waals surface area contributed by atoms with E-state index in [1.165, 1.54) is 64.2 Å². The smallest absolute Gasteiger partial charge is 0.410 e. The lowest BCUT2D eigenvalue weighted by atomic mass is 9.55. The van der Waals surface area contributed by atoms with Crippen LogP contribution in [0.25, 0.3) is 0 Å². The zero-order valence-corrected chi connectivity index (χ0v) is 38.1. The van der Waals surface area contributed by atoms with E-state index in [9.17, 15) is 25.1 Å². The van der Waals surface area contributed by atoms with E-state index in [-0.39, 0.29) is 49.7 Å². The van der Waals surface area contributed by atoms with E-state index in [1.54, 1.807) is 29.2 Å². The number of ether oxygens (including phenoxy) is 4. The number of amides is 1. The summed E-state index contributed by atoms with van der Waals surface area (Å²) < 4.78 is 26.7. The number of hydrogen-bond acceptors (Lipinski definition) is 11. The molecule has 6 atom stereocenters. The number of nitro benzene ring substituents is 1. The Bertz CT molecular complexity index is 1820. The van der Waals surface area contributed by atoms with Crippen LogP contribution in [0.1, 0.15) is 141 Å². The molecule has 6 unspecified atom stereocenters. The summed E-state index contributed by atoms with van der Waals surface area (Å²) in [5, 5.41) is 36.1. The van der Waals surface area contributed by atoms with Crippen LogP contribution in [-0.2, 0) is 14.3 Å². The number of non-ortho nitro benzene ring substituents is 1. The minimum atomic E-state index is -1.40. The van der Waals surface area contributed by atoms with Crippen molar-refractivity contribution < 1.29 is 43.7 Å². The minimum Gasteiger partial charge on any atom is -0.459 e. The van der Waals surface area contributed by atoms with Gasteiger partial charge in [0.15, 0.2) is 0 Å². The van der Waals surface area contributed by atoms with Crippen LogP contribution in [0.4, 0.5) is 10.5 Å². The maximum absolute atomic E-state index is 14.4. The highest BCUT2D eigenvalue weighted by molar-refractivity contribution is 6.03. The first-order chi connectivity index (χ1) is 30.8. The van der Waals surface area contributed by atoms with Crippen LogP contribution in [0, 0.1) is 27.9 Å². The molecule has 2 N–H and O–H groups in total. The second-order valence-corrected chi connectivity index (χ2v) is 17.3. The topological polar surface area (TPSA) is 162 Å². The second kappa shape index (κ2) is 25.7. The Morgan fingerprint density at radius 2 is 1.63 bits per heavy atom. The van der Waals surface area contributed by atoms with Gasteiger partial charge in [0.2, 0.25) is 5.79 Å².